The summed E-state index contributed by atoms with van der Waals surface area (Å²) in [7, 11) is 0. The molecule has 1 atom stereocenters. The van der Waals surface area contributed by atoms with E-state index in [1.54, 1.807) is 0 Å². The van der Waals surface area contributed by atoms with E-state index in [0.29, 0.717) is 6.04 Å². The number of unbranched alkanes of at least 4 members (excludes halogenated alkanes) is 13. The van der Waals surface area contributed by atoms with Crippen molar-refractivity contribution in [1.82, 2.24) is 0 Å². The second-order valence-corrected chi connectivity index (χ2v) is 6.93. The van der Waals surface area contributed by atoms with Gasteiger partial charge in [0.2, 0.25) is 0 Å². The van der Waals surface area contributed by atoms with Gasteiger partial charge in [-0.05, 0) is 12.8 Å². The van der Waals surface area contributed by atoms with Gasteiger partial charge in [-0.2, -0.15) is 0 Å². The average molecular weight is 298 g/mol. The van der Waals surface area contributed by atoms with Crippen molar-refractivity contribution in [2.45, 2.75) is 129 Å². The summed E-state index contributed by atoms with van der Waals surface area (Å²) in [6.45, 7) is 4.56. The summed E-state index contributed by atoms with van der Waals surface area (Å²) in [4.78, 5) is 0. The smallest absolute Gasteiger partial charge is 0.00388 e. The van der Waals surface area contributed by atoms with Crippen LogP contribution in [0.15, 0.2) is 0 Å². The number of nitrogens with two attached hydrogens (primary N) is 1. The minimum absolute atomic E-state index is 0.473. The lowest BCUT2D eigenvalue weighted by molar-refractivity contribution is 0.484. The summed E-state index contributed by atoms with van der Waals surface area (Å²) in [5.41, 5.74) is 6.18. The quantitative estimate of drug-likeness (QED) is 0.288. The van der Waals surface area contributed by atoms with E-state index in [1.165, 1.54) is 109 Å². The van der Waals surface area contributed by atoms with Crippen LogP contribution in [-0.4, -0.2) is 6.04 Å². The SMILES string of the molecule is CCCCCCCCCCCCCC(N)CCCCCC. The van der Waals surface area contributed by atoms with Crippen LogP contribution in [-0.2, 0) is 0 Å². The van der Waals surface area contributed by atoms with Crippen LogP contribution in [0.2, 0.25) is 0 Å². The molecule has 0 saturated heterocycles. The van der Waals surface area contributed by atoms with Gasteiger partial charge in [-0.3, -0.25) is 0 Å². The summed E-state index contributed by atoms with van der Waals surface area (Å²) >= 11 is 0. The Bertz CT molecular complexity index is 179. The zero-order valence-corrected chi connectivity index (χ0v) is 15.2. The third-order valence-electron chi connectivity index (χ3n) is 4.61. The monoisotopic (exact) mass is 297 g/mol. The largest absolute Gasteiger partial charge is 0.328 e. The summed E-state index contributed by atoms with van der Waals surface area (Å²) < 4.78 is 0. The van der Waals surface area contributed by atoms with Crippen molar-refractivity contribution in [3.63, 3.8) is 0 Å². The molecule has 0 fully saturated rings. The highest BCUT2D eigenvalue weighted by Crippen LogP contribution is 2.13. The van der Waals surface area contributed by atoms with Crippen molar-refractivity contribution in [2.24, 2.45) is 5.73 Å². The predicted molar refractivity (Wildman–Crippen MR) is 97.8 cm³/mol. The van der Waals surface area contributed by atoms with Crippen LogP contribution < -0.4 is 5.73 Å². The van der Waals surface area contributed by atoms with Crippen LogP contribution in [0.1, 0.15) is 123 Å². The molecule has 0 aromatic heterocycles. The first kappa shape index (κ1) is 21.0. The minimum Gasteiger partial charge on any atom is -0.328 e. The van der Waals surface area contributed by atoms with Gasteiger partial charge in [0.05, 0.1) is 0 Å². The van der Waals surface area contributed by atoms with Crippen LogP contribution in [0.25, 0.3) is 0 Å². The molecule has 128 valence electrons. The van der Waals surface area contributed by atoms with E-state index in [4.69, 9.17) is 5.73 Å². The molecule has 21 heavy (non-hydrogen) atoms. The highest BCUT2D eigenvalue weighted by molar-refractivity contribution is 4.61. The Kier molecular flexibility index (Phi) is 18.0. The van der Waals surface area contributed by atoms with E-state index in [9.17, 15) is 0 Å². The first-order valence-corrected chi connectivity index (χ1v) is 10.1. The first-order valence-electron chi connectivity index (χ1n) is 10.1. The third kappa shape index (κ3) is 17.9. The van der Waals surface area contributed by atoms with Gasteiger partial charge in [-0.15, -0.1) is 0 Å². The van der Waals surface area contributed by atoms with Gasteiger partial charge >= 0.3 is 0 Å². The highest BCUT2D eigenvalue weighted by atomic mass is 14.6. The Morgan fingerprint density at radius 3 is 1.14 bits per heavy atom. The summed E-state index contributed by atoms with van der Waals surface area (Å²) in [5, 5.41) is 0. The van der Waals surface area contributed by atoms with Gasteiger partial charge in [0.1, 0.15) is 0 Å². The van der Waals surface area contributed by atoms with Crippen molar-refractivity contribution < 1.29 is 0 Å². The minimum atomic E-state index is 0.473. The Morgan fingerprint density at radius 2 is 0.762 bits per heavy atom. The molecule has 0 amide bonds. The molecule has 0 heterocycles. The maximum Gasteiger partial charge on any atom is 0.00388 e. The first-order chi connectivity index (χ1) is 10.3. The fourth-order valence-corrected chi connectivity index (χ4v) is 3.05. The van der Waals surface area contributed by atoms with Gasteiger partial charge in [0.15, 0.2) is 0 Å². The van der Waals surface area contributed by atoms with Gasteiger partial charge < -0.3 is 5.73 Å². The molecule has 0 aliphatic rings. The van der Waals surface area contributed by atoms with Gasteiger partial charge in [-0.25, -0.2) is 0 Å². The number of hydrogen-bond donors (Lipinski definition) is 1. The van der Waals surface area contributed by atoms with Crippen LogP contribution in [0, 0.1) is 0 Å². The highest BCUT2D eigenvalue weighted by Gasteiger charge is 2.02. The maximum absolute atomic E-state index is 6.18. The van der Waals surface area contributed by atoms with Crippen LogP contribution in [0.4, 0.5) is 0 Å². The summed E-state index contributed by atoms with van der Waals surface area (Å²) in [6, 6.07) is 0.473. The van der Waals surface area contributed by atoms with E-state index in [-0.39, 0.29) is 0 Å². The second kappa shape index (κ2) is 18.0. The van der Waals surface area contributed by atoms with Gasteiger partial charge in [0, 0.05) is 6.04 Å². The Balaban J connectivity index is 3.07. The standard InChI is InChI=1S/C20H43N/c1-3-5-7-9-10-11-12-13-14-15-17-19-20(21)18-16-8-6-4-2/h20H,3-19,21H2,1-2H3. The molecule has 0 bridgehead atoms. The lowest BCUT2D eigenvalue weighted by atomic mass is 10.0. The van der Waals surface area contributed by atoms with Crippen LogP contribution >= 0.6 is 0 Å². The lowest BCUT2D eigenvalue weighted by Crippen LogP contribution is -2.19. The van der Waals surface area contributed by atoms with Crippen molar-refractivity contribution in [1.29, 1.82) is 0 Å². The zero-order valence-electron chi connectivity index (χ0n) is 15.2. The van der Waals surface area contributed by atoms with Crippen LogP contribution in [0.3, 0.4) is 0 Å². The number of rotatable bonds is 17. The molecule has 1 unspecified atom stereocenters. The Labute approximate surface area is 135 Å². The van der Waals surface area contributed by atoms with Crippen LogP contribution in [0.5, 0.6) is 0 Å². The summed E-state index contributed by atoms with van der Waals surface area (Å²) in [6.07, 6.45) is 23.6. The molecule has 1 heteroatoms. The van der Waals surface area contributed by atoms with E-state index >= 15 is 0 Å². The molecule has 0 saturated carbocycles. The molecule has 0 aliphatic carbocycles. The van der Waals surface area contributed by atoms with E-state index in [1.807, 2.05) is 0 Å². The average Bonchev–Trinajstić information content (AvgIpc) is 2.49. The number of hydrogen-bond acceptors (Lipinski definition) is 1. The van der Waals surface area contributed by atoms with Crippen molar-refractivity contribution in [3.8, 4) is 0 Å². The third-order valence-corrected chi connectivity index (χ3v) is 4.61. The predicted octanol–water partition coefficient (Wildman–Crippen LogP) is 6.99. The fraction of sp³-hybridized carbons (Fsp3) is 1.00. The molecule has 0 radical (unpaired) electrons. The summed E-state index contributed by atoms with van der Waals surface area (Å²) in [5.74, 6) is 0. The molecule has 0 aromatic carbocycles. The molecule has 2 N–H and O–H groups in total. The molecular formula is C20H43N. The molecule has 0 spiro atoms. The molecule has 0 aromatic rings. The van der Waals surface area contributed by atoms with Crippen molar-refractivity contribution in [2.75, 3.05) is 0 Å². The molecule has 0 aliphatic heterocycles. The normalized spacial score (nSPS) is 12.7. The van der Waals surface area contributed by atoms with E-state index in [0.717, 1.165) is 0 Å². The van der Waals surface area contributed by atoms with Crippen molar-refractivity contribution >= 4 is 0 Å². The Hall–Kier alpha value is -0.0400. The topological polar surface area (TPSA) is 26.0 Å². The van der Waals surface area contributed by atoms with Crippen molar-refractivity contribution in [3.05, 3.63) is 0 Å². The Morgan fingerprint density at radius 1 is 0.476 bits per heavy atom. The van der Waals surface area contributed by atoms with E-state index in [2.05, 4.69) is 13.8 Å². The lowest BCUT2D eigenvalue weighted by Gasteiger charge is -2.11. The molecule has 1 nitrogen and oxygen atoms in total. The van der Waals surface area contributed by atoms with E-state index < -0.39 is 0 Å². The molecule has 0 rings (SSSR count). The fourth-order valence-electron chi connectivity index (χ4n) is 3.05. The maximum atomic E-state index is 6.18. The zero-order chi connectivity index (χ0) is 15.6. The van der Waals surface area contributed by atoms with Gasteiger partial charge in [-0.1, -0.05) is 110 Å². The van der Waals surface area contributed by atoms with Gasteiger partial charge in [0.25, 0.3) is 0 Å². The second-order valence-electron chi connectivity index (χ2n) is 6.93. The molecular weight excluding hydrogens is 254 g/mol.